The summed E-state index contributed by atoms with van der Waals surface area (Å²) in [6.07, 6.45) is 0. The lowest BCUT2D eigenvalue weighted by molar-refractivity contribution is -0.385. The van der Waals surface area contributed by atoms with Crippen LogP contribution in [0.4, 0.5) is 14.5 Å². The van der Waals surface area contributed by atoms with Gasteiger partial charge in [0.1, 0.15) is 5.56 Å². The van der Waals surface area contributed by atoms with Gasteiger partial charge in [0.2, 0.25) is 0 Å². The summed E-state index contributed by atoms with van der Waals surface area (Å²) in [4.78, 5) is 32.6. The molecule has 0 aromatic heterocycles. The molecule has 0 heterocycles. The Kier molecular flexibility index (Phi) is 7.85. The third kappa shape index (κ3) is 6.41. The molecule has 0 bridgehead atoms. The van der Waals surface area contributed by atoms with Crippen LogP contribution in [0, 0.1) is 10.1 Å². The number of ether oxygens (including phenoxy) is 2. The first-order valence-corrected chi connectivity index (χ1v) is 7.80. The molecule has 0 fully saturated rings. The highest BCUT2D eigenvalue weighted by atomic mass is 32.2. The number of carboxylic acid groups (broad SMARTS) is 1. The van der Waals surface area contributed by atoms with Crippen molar-refractivity contribution in [1.82, 2.24) is 5.32 Å². The molecule has 0 spiro atoms. The minimum absolute atomic E-state index is 0.0610. The summed E-state index contributed by atoms with van der Waals surface area (Å²) in [5.41, 5.74) is -1.13. The van der Waals surface area contributed by atoms with Crippen LogP contribution in [-0.4, -0.2) is 53.7 Å². The van der Waals surface area contributed by atoms with Gasteiger partial charge in [-0.3, -0.25) is 19.7 Å². The van der Waals surface area contributed by atoms with E-state index in [1.165, 1.54) is 0 Å². The summed E-state index contributed by atoms with van der Waals surface area (Å²) in [7, 11) is 1.13. The normalized spacial score (nSPS) is 10.4. The van der Waals surface area contributed by atoms with E-state index in [-0.39, 0.29) is 23.8 Å². The monoisotopic (exact) mass is 380 g/mol. The molecule has 0 aliphatic carbocycles. The molecule has 0 unspecified atom stereocenters. The van der Waals surface area contributed by atoms with Crippen LogP contribution in [0.25, 0.3) is 0 Å². The summed E-state index contributed by atoms with van der Waals surface area (Å²) in [6.45, 7) is -3.16. The molecular weight excluding hydrogens is 366 g/mol. The molecule has 0 atom stereocenters. The second-order valence-electron chi connectivity index (χ2n) is 4.36. The van der Waals surface area contributed by atoms with Crippen molar-refractivity contribution in [3.8, 4) is 11.5 Å². The first-order chi connectivity index (χ1) is 11.8. The zero-order valence-electron chi connectivity index (χ0n) is 12.9. The number of aliphatic carboxylic acids is 1. The number of nitro benzene ring substituents is 1. The summed E-state index contributed by atoms with van der Waals surface area (Å²) >= 11 is 1.05. The van der Waals surface area contributed by atoms with Crippen LogP contribution in [-0.2, 0) is 4.79 Å². The van der Waals surface area contributed by atoms with Crippen molar-refractivity contribution in [2.75, 3.05) is 25.2 Å². The highest BCUT2D eigenvalue weighted by molar-refractivity contribution is 7.99. The Morgan fingerprint density at radius 3 is 2.60 bits per heavy atom. The SMILES string of the molecule is COc1cc(C(=O)NCCSCC(=O)O)c([N+](=O)[O-])cc1OC(F)F. The lowest BCUT2D eigenvalue weighted by Crippen LogP contribution is -2.27. The third-order valence-corrected chi connectivity index (χ3v) is 3.64. The summed E-state index contributed by atoms with van der Waals surface area (Å²) in [6, 6.07) is 1.61. The first-order valence-electron chi connectivity index (χ1n) is 6.65. The Morgan fingerprint density at radius 1 is 1.40 bits per heavy atom. The van der Waals surface area contributed by atoms with Crippen molar-refractivity contribution in [3.05, 3.63) is 27.8 Å². The molecule has 0 aliphatic rings. The third-order valence-electron chi connectivity index (χ3n) is 2.70. The molecule has 9 nitrogen and oxygen atoms in total. The number of carbonyl (C=O) groups is 2. The maximum Gasteiger partial charge on any atom is 0.387 e. The van der Waals surface area contributed by atoms with Crippen LogP contribution < -0.4 is 14.8 Å². The predicted molar refractivity (Wildman–Crippen MR) is 83.6 cm³/mol. The molecule has 0 radical (unpaired) electrons. The van der Waals surface area contributed by atoms with Crippen molar-refractivity contribution in [1.29, 1.82) is 0 Å². The topological polar surface area (TPSA) is 128 Å². The van der Waals surface area contributed by atoms with E-state index >= 15 is 0 Å². The van der Waals surface area contributed by atoms with Crippen LogP contribution in [0.2, 0.25) is 0 Å². The summed E-state index contributed by atoms with van der Waals surface area (Å²) in [5, 5.41) is 21.9. The number of nitrogens with zero attached hydrogens (tertiary/aromatic N) is 1. The number of rotatable bonds is 10. The number of hydrogen-bond donors (Lipinski definition) is 2. The van der Waals surface area contributed by atoms with E-state index in [1.54, 1.807) is 0 Å². The minimum atomic E-state index is -3.22. The van der Waals surface area contributed by atoms with Gasteiger partial charge in [0.25, 0.3) is 11.6 Å². The number of nitro groups is 1. The van der Waals surface area contributed by atoms with E-state index in [2.05, 4.69) is 10.1 Å². The molecule has 0 aliphatic heterocycles. The van der Waals surface area contributed by atoms with Crippen molar-refractivity contribution < 1.29 is 37.9 Å². The molecule has 1 aromatic carbocycles. The number of alkyl halides is 2. The van der Waals surface area contributed by atoms with Crippen LogP contribution >= 0.6 is 11.8 Å². The average molecular weight is 380 g/mol. The van der Waals surface area contributed by atoms with E-state index in [1.807, 2.05) is 0 Å². The van der Waals surface area contributed by atoms with Crippen molar-refractivity contribution in [2.45, 2.75) is 6.61 Å². The van der Waals surface area contributed by atoms with Gasteiger partial charge < -0.3 is 19.9 Å². The Labute approximate surface area is 144 Å². The van der Waals surface area contributed by atoms with Crippen molar-refractivity contribution in [3.63, 3.8) is 0 Å². The van der Waals surface area contributed by atoms with Crippen LogP contribution in [0.15, 0.2) is 12.1 Å². The number of hydrogen-bond acceptors (Lipinski definition) is 7. The maximum atomic E-state index is 12.4. The van der Waals surface area contributed by atoms with Gasteiger partial charge in [-0.25, -0.2) is 0 Å². The van der Waals surface area contributed by atoms with Gasteiger partial charge in [0.15, 0.2) is 11.5 Å². The summed E-state index contributed by atoms with van der Waals surface area (Å²) in [5.74, 6) is -2.55. The number of amides is 1. The zero-order chi connectivity index (χ0) is 19.0. The molecule has 0 saturated heterocycles. The summed E-state index contributed by atoms with van der Waals surface area (Å²) < 4.78 is 33.7. The standard InChI is InChI=1S/C13H14F2N2O7S/c1-23-9-4-7(12(20)16-2-3-25-6-11(18)19)8(17(21)22)5-10(9)24-13(14)15/h4-5,13H,2-3,6H2,1H3,(H,16,20)(H,18,19). The van der Waals surface area contributed by atoms with Crippen LogP contribution in [0.5, 0.6) is 11.5 Å². The molecule has 12 heteroatoms. The molecule has 138 valence electrons. The second kappa shape index (κ2) is 9.61. The Bertz CT molecular complexity index is 658. The van der Waals surface area contributed by atoms with E-state index in [0.717, 1.165) is 24.9 Å². The average Bonchev–Trinajstić information content (AvgIpc) is 2.52. The van der Waals surface area contributed by atoms with E-state index in [9.17, 15) is 28.5 Å². The number of carboxylic acids is 1. The van der Waals surface area contributed by atoms with Crippen molar-refractivity contribution in [2.24, 2.45) is 0 Å². The number of methoxy groups -OCH3 is 1. The van der Waals surface area contributed by atoms with Gasteiger partial charge in [-0.2, -0.15) is 8.78 Å². The minimum Gasteiger partial charge on any atom is -0.493 e. The van der Waals surface area contributed by atoms with Crippen LogP contribution in [0.3, 0.4) is 0 Å². The van der Waals surface area contributed by atoms with Gasteiger partial charge in [0.05, 0.1) is 23.9 Å². The van der Waals surface area contributed by atoms with Crippen LogP contribution in [0.1, 0.15) is 10.4 Å². The molecular formula is C13H14F2N2O7S. The molecule has 0 saturated carbocycles. The largest absolute Gasteiger partial charge is 0.493 e. The van der Waals surface area contributed by atoms with Crippen molar-refractivity contribution >= 4 is 29.3 Å². The van der Waals surface area contributed by atoms with E-state index in [0.29, 0.717) is 6.07 Å². The number of thioether (sulfide) groups is 1. The molecule has 25 heavy (non-hydrogen) atoms. The zero-order valence-corrected chi connectivity index (χ0v) is 13.7. The first kappa shape index (κ1) is 20.4. The molecule has 1 rings (SSSR count). The van der Waals surface area contributed by atoms with Gasteiger partial charge >= 0.3 is 12.6 Å². The van der Waals surface area contributed by atoms with Gasteiger partial charge in [-0.15, -0.1) is 11.8 Å². The molecule has 1 aromatic rings. The van der Waals surface area contributed by atoms with Gasteiger partial charge in [-0.05, 0) is 0 Å². The number of carbonyl (C=O) groups excluding carboxylic acids is 1. The Morgan fingerprint density at radius 2 is 2.08 bits per heavy atom. The fourth-order valence-electron chi connectivity index (χ4n) is 1.72. The molecule has 1 amide bonds. The fraction of sp³-hybridized carbons (Fsp3) is 0.385. The highest BCUT2D eigenvalue weighted by Gasteiger charge is 2.25. The van der Waals surface area contributed by atoms with E-state index in [4.69, 9.17) is 9.84 Å². The fourth-order valence-corrected chi connectivity index (χ4v) is 2.29. The maximum absolute atomic E-state index is 12.4. The van der Waals surface area contributed by atoms with Gasteiger partial charge in [0, 0.05) is 18.4 Å². The Hall–Kier alpha value is -2.63. The second-order valence-corrected chi connectivity index (χ2v) is 5.46. The quantitative estimate of drug-likeness (QED) is 0.357. The predicted octanol–water partition coefficient (Wildman–Crippen LogP) is 1.75. The lowest BCUT2D eigenvalue weighted by Gasteiger charge is -2.12. The lowest BCUT2D eigenvalue weighted by atomic mass is 10.1. The van der Waals surface area contributed by atoms with E-state index < -0.39 is 40.4 Å². The number of benzene rings is 1. The Balaban J connectivity index is 2.94. The number of nitrogens with one attached hydrogen (secondary N) is 1. The molecule has 2 N–H and O–H groups in total. The highest BCUT2D eigenvalue weighted by Crippen LogP contribution is 2.35. The number of halogens is 2. The smallest absolute Gasteiger partial charge is 0.387 e. The van der Waals surface area contributed by atoms with Gasteiger partial charge in [-0.1, -0.05) is 0 Å².